The molecule has 8 heteroatoms. The van der Waals surface area contributed by atoms with Crippen LogP contribution in [0.25, 0.3) is 21.5 Å². The van der Waals surface area contributed by atoms with Crippen molar-refractivity contribution < 1.29 is 9.84 Å². The molecule has 1 saturated carbocycles. The average Bonchev–Trinajstić information content (AvgIpc) is 3.52. The topological polar surface area (TPSA) is 55.2 Å². The van der Waals surface area contributed by atoms with Crippen LogP contribution >= 0.6 is 46.4 Å². The van der Waals surface area contributed by atoms with Crippen molar-refractivity contribution in [3.05, 3.63) is 69.1 Å². The molecule has 0 saturated heterocycles. The lowest BCUT2D eigenvalue weighted by atomic mass is 10.1. The van der Waals surface area contributed by atoms with Gasteiger partial charge in [-0.25, -0.2) is 9.97 Å². The molecule has 4 nitrogen and oxygen atoms in total. The Morgan fingerprint density at radius 1 is 0.793 bits per heavy atom. The van der Waals surface area contributed by atoms with Gasteiger partial charge in [-0.3, -0.25) is 0 Å². The van der Waals surface area contributed by atoms with Crippen molar-refractivity contribution in [3.63, 3.8) is 0 Å². The van der Waals surface area contributed by atoms with Crippen molar-refractivity contribution in [2.24, 2.45) is 0 Å². The van der Waals surface area contributed by atoms with E-state index in [0.717, 1.165) is 29.4 Å². The zero-order valence-corrected chi connectivity index (χ0v) is 17.9. The molecule has 0 radical (unpaired) electrons. The van der Waals surface area contributed by atoms with E-state index in [2.05, 4.69) is 9.97 Å². The molecular weight excluding hydrogens is 454 g/mol. The minimum absolute atomic E-state index is 0.0463. The highest BCUT2D eigenvalue weighted by Gasteiger charge is 2.25. The van der Waals surface area contributed by atoms with Crippen LogP contribution in [-0.2, 0) is 0 Å². The van der Waals surface area contributed by atoms with Gasteiger partial charge in [0, 0.05) is 21.5 Å². The van der Waals surface area contributed by atoms with Crippen molar-refractivity contribution in [1.82, 2.24) is 9.97 Å². The maximum absolute atomic E-state index is 9.47. The molecule has 2 aromatic carbocycles. The van der Waals surface area contributed by atoms with Gasteiger partial charge < -0.3 is 9.84 Å². The van der Waals surface area contributed by atoms with Gasteiger partial charge in [0.05, 0.1) is 28.5 Å². The molecule has 0 unspecified atom stereocenters. The molecule has 5 rings (SSSR count). The van der Waals surface area contributed by atoms with E-state index in [4.69, 9.17) is 51.1 Å². The van der Waals surface area contributed by atoms with Crippen molar-refractivity contribution in [1.29, 1.82) is 0 Å². The smallest absolute Gasteiger partial charge is 0.147 e. The Morgan fingerprint density at radius 3 is 1.93 bits per heavy atom. The van der Waals surface area contributed by atoms with Crippen LogP contribution in [0.15, 0.2) is 48.8 Å². The number of fused-ring (bicyclic) bond motifs is 2. The van der Waals surface area contributed by atoms with Gasteiger partial charge in [0.2, 0.25) is 0 Å². The molecule has 0 atom stereocenters. The van der Waals surface area contributed by atoms with Gasteiger partial charge in [0.15, 0.2) is 0 Å². The summed E-state index contributed by atoms with van der Waals surface area (Å²) in [6.45, 7) is 0. The molecule has 2 aromatic heterocycles. The van der Waals surface area contributed by atoms with Gasteiger partial charge >= 0.3 is 0 Å². The summed E-state index contributed by atoms with van der Waals surface area (Å²) in [6.07, 6.45) is 5.47. The fraction of sp³-hybridized carbons (Fsp3) is 0.143. The summed E-state index contributed by atoms with van der Waals surface area (Å²) < 4.78 is 5.77. The predicted octanol–water partition coefficient (Wildman–Crippen LogP) is 7.33. The SMILES string of the molecule is Clc1ncc(OC2CC2)c2c(Cl)cccc12.Oc1cnc(Cl)c2cccc(Cl)c12. The number of aromatic hydroxyl groups is 1. The summed E-state index contributed by atoms with van der Waals surface area (Å²) in [7, 11) is 0. The van der Waals surface area contributed by atoms with Crippen LogP contribution < -0.4 is 4.74 Å². The van der Waals surface area contributed by atoms with Crippen molar-refractivity contribution >= 4 is 67.9 Å². The first kappa shape index (κ1) is 20.3. The molecule has 148 valence electrons. The van der Waals surface area contributed by atoms with E-state index in [0.29, 0.717) is 37.2 Å². The molecule has 4 aromatic rings. The van der Waals surface area contributed by atoms with Gasteiger partial charge in [-0.15, -0.1) is 0 Å². The summed E-state index contributed by atoms with van der Waals surface area (Å²) in [5.74, 6) is 0.775. The number of aromatic nitrogens is 2. The zero-order valence-electron chi connectivity index (χ0n) is 14.9. The summed E-state index contributed by atoms with van der Waals surface area (Å²) in [5.41, 5.74) is 0. The number of pyridine rings is 2. The number of rotatable bonds is 2. The summed E-state index contributed by atoms with van der Waals surface area (Å²) in [6, 6.07) is 10.8. The first-order chi connectivity index (χ1) is 14.0. The molecule has 0 amide bonds. The van der Waals surface area contributed by atoms with Crippen LogP contribution in [0.1, 0.15) is 12.8 Å². The largest absolute Gasteiger partial charge is 0.506 e. The Labute approximate surface area is 187 Å². The number of benzene rings is 2. The molecule has 2 heterocycles. The second kappa shape index (κ2) is 8.41. The molecule has 1 aliphatic rings. The third kappa shape index (κ3) is 4.31. The van der Waals surface area contributed by atoms with E-state index in [1.165, 1.54) is 6.20 Å². The summed E-state index contributed by atoms with van der Waals surface area (Å²) in [5, 5.41) is 14.3. The molecule has 1 N–H and O–H groups in total. The lowest BCUT2D eigenvalue weighted by molar-refractivity contribution is 0.306. The molecule has 1 aliphatic carbocycles. The minimum atomic E-state index is 0.0463. The van der Waals surface area contributed by atoms with Crippen molar-refractivity contribution in [2.75, 3.05) is 0 Å². The summed E-state index contributed by atoms with van der Waals surface area (Å²) >= 11 is 23.9. The normalized spacial score (nSPS) is 13.2. The Morgan fingerprint density at radius 2 is 1.34 bits per heavy atom. The van der Waals surface area contributed by atoms with E-state index in [-0.39, 0.29) is 5.75 Å². The van der Waals surface area contributed by atoms with E-state index >= 15 is 0 Å². The monoisotopic (exact) mass is 466 g/mol. The van der Waals surface area contributed by atoms with Gasteiger partial charge in [-0.1, -0.05) is 70.7 Å². The first-order valence-electron chi connectivity index (χ1n) is 8.76. The number of halogens is 4. The molecule has 29 heavy (non-hydrogen) atoms. The maximum atomic E-state index is 9.47. The Bertz CT molecular complexity index is 1200. The van der Waals surface area contributed by atoms with Gasteiger partial charge in [0.1, 0.15) is 21.8 Å². The maximum Gasteiger partial charge on any atom is 0.147 e. The van der Waals surface area contributed by atoms with Crippen LogP contribution in [0.3, 0.4) is 0 Å². The molecule has 0 bridgehead atoms. The number of nitrogens with zero attached hydrogens (tertiary/aromatic N) is 2. The Hall–Kier alpha value is -1.98. The minimum Gasteiger partial charge on any atom is -0.506 e. The molecule has 0 spiro atoms. The van der Waals surface area contributed by atoms with Crippen LogP contribution in [0.4, 0.5) is 0 Å². The number of hydrogen-bond acceptors (Lipinski definition) is 4. The van der Waals surface area contributed by atoms with Crippen LogP contribution in [0, 0.1) is 0 Å². The second-order valence-corrected chi connectivity index (χ2v) is 8.02. The fourth-order valence-corrected chi connectivity index (χ4v) is 3.81. The average molecular weight is 468 g/mol. The van der Waals surface area contributed by atoms with Crippen LogP contribution in [0.2, 0.25) is 20.4 Å². The van der Waals surface area contributed by atoms with Gasteiger partial charge in [-0.2, -0.15) is 0 Å². The Kier molecular flexibility index (Phi) is 5.88. The third-order valence-corrected chi connectivity index (χ3v) is 5.62. The van der Waals surface area contributed by atoms with Crippen LogP contribution in [0.5, 0.6) is 11.5 Å². The highest BCUT2D eigenvalue weighted by molar-refractivity contribution is 6.40. The van der Waals surface area contributed by atoms with E-state index in [1.54, 1.807) is 24.4 Å². The highest BCUT2D eigenvalue weighted by atomic mass is 35.5. The zero-order chi connectivity index (χ0) is 20.5. The fourth-order valence-electron chi connectivity index (χ4n) is 2.86. The third-order valence-electron chi connectivity index (χ3n) is 4.39. The highest BCUT2D eigenvalue weighted by Crippen LogP contribution is 2.38. The van der Waals surface area contributed by atoms with Gasteiger partial charge in [0.25, 0.3) is 0 Å². The van der Waals surface area contributed by atoms with E-state index in [1.807, 2.05) is 18.2 Å². The van der Waals surface area contributed by atoms with E-state index in [9.17, 15) is 5.11 Å². The first-order valence-corrected chi connectivity index (χ1v) is 10.3. The van der Waals surface area contributed by atoms with Gasteiger partial charge in [-0.05, 0) is 25.0 Å². The van der Waals surface area contributed by atoms with Crippen molar-refractivity contribution in [2.45, 2.75) is 18.9 Å². The lowest BCUT2D eigenvalue weighted by Crippen LogP contribution is -1.97. The standard InChI is InChI=1S/C12H9Cl2NO.C9H5Cl2NO/c13-9-3-1-2-8-11(9)10(6-15-12(8)14)16-7-4-5-7;10-6-3-1-2-5-8(6)7(13)4-12-9(5)11/h1-3,6-7H,4-5H2;1-4,13H. The van der Waals surface area contributed by atoms with E-state index < -0.39 is 0 Å². The predicted molar refractivity (Wildman–Crippen MR) is 119 cm³/mol. The molecule has 1 fully saturated rings. The quantitative estimate of drug-likeness (QED) is 0.313. The number of hydrogen-bond donors (Lipinski definition) is 1. The van der Waals surface area contributed by atoms with Crippen molar-refractivity contribution in [3.8, 4) is 11.5 Å². The molecular formula is C21H14Cl4N2O2. The Balaban J connectivity index is 0.000000145. The molecule has 0 aliphatic heterocycles. The second-order valence-electron chi connectivity index (χ2n) is 6.49. The number of ether oxygens (including phenoxy) is 1. The summed E-state index contributed by atoms with van der Waals surface area (Å²) in [4.78, 5) is 7.92. The lowest BCUT2D eigenvalue weighted by Gasteiger charge is -2.09. The van der Waals surface area contributed by atoms with Crippen LogP contribution in [-0.4, -0.2) is 21.2 Å².